The Morgan fingerprint density at radius 2 is 1.67 bits per heavy atom. The number of hydrogen-bond donors (Lipinski definition) is 0. The van der Waals surface area contributed by atoms with E-state index in [9.17, 15) is 20.2 Å². The molecular weight excluding hydrogens is 274 g/mol. The summed E-state index contributed by atoms with van der Waals surface area (Å²) < 4.78 is 0. The molecule has 0 saturated carbocycles. The fourth-order valence-electron chi connectivity index (χ4n) is 2.04. The van der Waals surface area contributed by atoms with Crippen molar-refractivity contribution in [1.29, 1.82) is 0 Å². The van der Waals surface area contributed by atoms with E-state index < -0.39 is 9.85 Å². The van der Waals surface area contributed by atoms with Crippen LogP contribution < -0.4 is 4.90 Å². The average molecular weight is 287 g/mol. The summed E-state index contributed by atoms with van der Waals surface area (Å²) in [7, 11) is 1.71. The van der Waals surface area contributed by atoms with Crippen LogP contribution in [0.25, 0.3) is 0 Å². The summed E-state index contributed by atoms with van der Waals surface area (Å²) in [4.78, 5) is 22.3. The zero-order valence-electron chi connectivity index (χ0n) is 11.3. The number of nitro groups is 2. The molecule has 0 saturated heterocycles. The number of rotatable bonds is 5. The fourth-order valence-corrected chi connectivity index (χ4v) is 2.04. The maximum atomic E-state index is 11.1. The lowest BCUT2D eigenvalue weighted by molar-refractivity contribution is -0.393. The summed E-state index contributed by atoms with van der Waals surface area (Å²) in [6, 6.07) is 13.1. The summed E-state index contributed by atoms with van der Waals surface area (Å²) in [5.41, 5.74) is 0.767. The zero-order valence-corrected chi connectivity index (χ0v) is 11.3. The van der Waals surface area contributed by atoms with Gasteiger partial charge in [0.1, 0.15) is 5.69 Å². The summed E-state index contributed by atoms with van der Waals surface area (Å²) in [6.07, 6.45) is 0. The van der Waals surface area contributed by atoms with E-state index in [4.69, 9.17) is 0 Å². The van der Waals surface area contributed by atoms with Crippen LogP contribution in [0.3, 0.4) is 0 Å². The molecule has 0 aliphatic rings. The van der Waals surface area contributed by atoms with E-state index >= 15 is 0 Å². The summed E-state index contributed by atoms with van der Waals surface area (Å²) in [5.74, 6) is 0. The van der Waals surface area contributed by atoms with Crippen LogP contribution in [0.4, 0.5) is 17.1 Å². The van der Waals surface area contributed by atoms with Crippen molar-refractivity contribution >= 4 is 17.1 Å². The van der Waals surface area contributed by atoms with Crippen LogP contribution in [0.2, 0.25) is 0 Å². The Hall–Kier alpha value is -2.96. The minimum Gasteiger partial charge on any atom is -0.365 e. The Morgan fingerprint density at radius 3 is 2.24 bits per heavy atom. The third-order valence-corrected chi connectivity index (χ3v) is 3.04. The van der Waals surface area contributed by atoms with Gasteiger partial charge >= 0.3 is 0 Å². The predicted molar refractivity (Wildman–Crippen MR) is 78.3 cm³/mol. The highest BCUT2D eigenvalue weighted by atomic mass is 16.6. The third kappa shape index (κ3) is 3.33. The van der Waals surface area contributed by atoms with Gasteiger partial charge in [-0.3, -0.25) is 20.2 Å². The number of benzene rings is 2. The molecule has 0 fully saturated rings. The fraction of sp³-hybridized carbons (Fsp3) is 0.143. The standard InChI is InChI=1S/C14H13N3O4/c1-15(10-11-5-3-2-4-6-11)13-8-7-12(16(18)19)9-14(13)17(20)21/h2-9H,10H2,1H3. The molecule has 0 atom stereocenters. The quantitative estimate of drug-likeness (QED) is 0.622. The number of anilines is 1. The molecule has 0 bridgehead atoms. The van der Waals surface area contributed by atoms with Crippen molar-refractivity contribution < 1.29 is 9.85 Å². The van der Waals surface area contributed by atoms with Crippen molar-refractivity contribution in [3.8, 4) is 0 Å². The Kier molecular flexibility index (Phi) is 4.13. The van der Waals surface area contributed by atoms with Crippen LogP contribution in [0.1, 0.15) is 5.56 Å². The lowest BCUT2D eigenvalue weighted by atomic mass is 10.2. The van der Waals surface area contributed by atoms with Crippen molar-refractivity contribution in [1.82, 2.24) is 0 Å². The van der Waals surface area contributed by atoms with Gasteiger partial charge in [-0.15, -0.1) is 0 Å². The van der Waals surface area contributed by atoms with Gasteiger partial charge in [0.05, 0.1) is 15.9 Å². The van der Waals surface area contributed by atoms with Crippen molar-refractivity contribution in [2.75, 3.05) is 11.9 Å². The summed E-state index contributed by atoms with van der Waals surface area (Å²) >= 11 is 0. The van der Waals surface area contributed by atoms with Gasteiger partial charge in [0.25, 0.3) is 11.4 Å². The Labute approximate surface area is 120 Å². The first kappa shape index (κ1) is 14.4. The lowest BCUT2D eigenvalue weighted by Crippen LogP contribution is -2.17. The number of nitrogens with zero attached hydrogens (tertiary/aromatic N) is 3. The Bertz CT molecular complexity index is 673. The average Bonchev–Trinajstić information content (AvgIpc) is 2.47. The van der Waals surface area contributed by atoms with Crippen molar-refractivity contribution in [2.45, 2.75) is 6.54 Å². The van der Waals surface area contributed by atoms with Gasteiger partial charge < -0.3 is 4.90 Å². The highest BCUT2D eigenvalue weighted by Crippen LogP contribution is 2.32. The van der Waals surface area contributed by atoms with E-state index in [-0.39, 0.29) is 11.4 Å². The van der Waals surface area contributed by atoms with Crippen LogP contribution >= 0.6 is 0 Å². The molecule has 0 amide bonds. The molecule has 0 N–H and O–H groups in total. The highest BCUT2D eigenvalue weighted by molar-refractivity contribution is 5.66. The molecule has 108 valence electrons. The molecule has 0 aliphatic carbocycles. The molecule has 2 aromatic carbocycles. The molecule has 0 unspecified atom stereocenters. The number of nitro benzene ring substituents is 2. The van der Waals surface area contributed by atoms with Crippen LogP contribution in [0, 0.1) is 20.2 Å². The molecular formula is C14H13N3O4. The van der Waals surface area contributed by atoms with Crippen molar-refractivity contribution in [3.63, 3.8) is 0 Å². The predicted octanol–water partition coefficient (Wildman–Crippen LogP) is 3.14. The van der Waals surface area contributed by atoms with E-state index in [1.807, 2.05) is 30.3 Å². The van der Waals surface area contributed by atoms with Crippen LogP contribution in [0.15, 0.2) is 48.5 Å². The van der Waals surface area contributed by atoms with Gasteiger partial charge in [-0.05, 0) is 11.6 Å². The van der Waals surface area contributed by atoms with Crippen molar-refractivity contribution in [3.05, 3.63) is 74.3 Å². The molecule has 0 radical (unpaired) electrons. The van der Waals surface area contributed by atoms with Gasteiger partial charge in [0.15, 0.2) is 0 Å². The Balaban J connectivity index is 2.34. The van der Waals surface area contributed by atoms with Gasteiger partial charge in [-0.1, -0.05) is 30.3 Å². The molecule has 7 heteroatoms. The second-order valence-corrected chi connectivity index (χ2v) is 4.53. The van der Waals surface area contributed by atoms with E-state index in [0.717, 1.165) is 11.6 Å². The first-order chi connectivity index (χ1) is 9.99. The number of hydrogen-bond acceptors (Lipinski definition) is 5. The molecule has 0 aromatic heterocycles. The van der Waals surface area contributed by atoms with E-state index in [1.165, 1.54) is 12.1 Å². The van der Waals surface area contributed by atoms with Gasteiger partial charge in [0, 0.05) is 19.7 Å². The molecule has 7 nitrogen and oxygen atoms in total. The topological polar surface area (TPSA) is 89.5 Å². The number of non-ortho nitro benzene ring substituents is 1. The third-order valence-electron chi connectivity index (χ3n) is 3.04. The summed E-state index contributed by atoms with van der Waals surface area (Å²) in [5, 5.41) is 21.8. The summed E-state index contributed by atoms with van der Waals surface area (Å²) in [6.45, 7) is 0.472. The van der Waals surface area contributed by atoms with E-state index in [2.05, 4.69) is 0 Å². The first-order valence-corrected chi connectivity index (χ1v) is 6.17. The molecule has 0 heterocycles. The lowest BCUT2D eigenvalue weighted by Gasteiger charge is -2.19. The monoisotopic (exact) mass is 287 g/mol. The van der Waals surface area contributed by atoms with Gasteiger partial charge in [-0.2, -0.15) is 0 Å². The zero-order chi connectivity index (χ0) is 15.4. The molecule has 21 heavy (non-hydrogen) atoms. The molecule has 0 aliphatic heterocycles. The van der Waals surface area contributed by atoms with E-state index in [1.54, 1.807) is 11.9 Å². The van der Waals surface area contributed by atoms with Crippen molar-refractivity contribution in [2.24, 2.45) is 0 Å². The van der Waals surface area contributed by atoms with Crippen LogP contribution in [0.5, 0.6) is 0 Å². The van der Waals surface area contributed by atoms with E-state index in [0.29, 0.717) is 12.2 Å². The minimum absolute atomic E-state index is 0.275. The first-order valence-electron chi connectivity index (χ1n) is 6.17. The maximum Gasteiger partial charge on any atom is 0.299 e. The molecule has 2 aromatic rings. The maximum absolute atomic E-state index is 11.1. The minimum atomic E-state index is -0.645. The largest absolute Gasteiger partial charge is 0.365 e. The smallest absolute Gasteiger partial charge is 0.299 e. The van der Waals surface area contributed by atoms with Crippen LogP contribution in [-0.4, -0.2) is 16.9 Å². The second kappa shape index (κ2) is 6.00. The van der Waals surface area contributed by atoms with Gasteiger partial charge in [-0.25, -0.2) is 0 Å². The van der Waals surface area contributed by atoms with Gasteiger partial charge in [0.2, 0.25) is 0 Å². The van der Waals surface area contributed by atoms with Crippen LogP contribution in [-0.2, 0) is 6.54 Å². The highest BCUT2D eigenvalue weighted by Gasteiger charge is 2.21. The molecule has 0 spiro atoms. The second-order valence-electron chi connectivity index (χ2n) is 4.53. The Morgan fingerprint density at radius 1 is 1.00 bits per heavy atom. The normalized spacial score (nSPS) is 10.1. The SMILES string of the molecule is CN(Cc1ccccc1)c1ccc([N+](=O)[O-])cc1[N+](=O)[O-]. The molecule has 2 rings (SSSR count).